The molecule has 0 aromatic carbocycles. The molecule has 2 heterocycles. The number of anilines is 1. The molecule has 3 rings (SSSR count). The van der Waals surface area contributed by atoms with Crippen molar-refractivity contribution in [3.63, 3.8) is 0 Å². The molecule has 1 aliphatic carbocycles. The van der Waals surface area contributed by atoms with Crippen molar-refractivity contribution < 1.29 is 4.74 Å². The second-order valence-corrected chi connectivity index (χ2v) is 6.15. The van der Waals surface area contributed by atoms with E-state index in [0.717, 1.165) is 12.1 Å². The van der Waals surface area contributed by atoms with Crippen molar-refractivity contribution in [1.82, 2.24) is 19.5 Å². The molecule has 108 valence electrons. The van der Waals surface area contributed by atoms with E-state index in [1.165, 1.54) is 25.6 Å². The van der Waals surface area contributed by atoms with Crippen LogP contribution in [0, 0.1) is 5.41 Å². The van der Waals surface area contributed by atoms with Crippen LogP contribution in [0.4, 0.5) is 5.95 Å². The number of hydrogen-bond acceptors (Lipinski definition) is 5. The molecule has 1 unspecified atom stereocenters. The Bertz CT molecular complexity index is 634. The van der Waals surface area contributed by atoms with Crippen molar-refractivity contribution in [1.29, 1.82) is 0 Å². The molecule has 6 nitrogen and oxygen atoms in total. The maximum Gasteiger partial charge on any atom is 0.245 e. The molecule has 0 spiro atoms. The van der Waals surface area contributed by atoms with E-state index in [0.29, 0.717) is 23.4 Å². The molecular weight excluding hydrogens is 254 g/mol. The first kappa shape index (κ1) is 13.1. The lowest BCUT2D eigenvalue weighted by atomic mass is 9.73. The predicted octanol–water partition coefficient (Wildman–Crippen LogP) is 2.56. The normalized spacial score (nSPS) is 22.1. The van der Waals surface area contributed by atoms with Crippen LogP contribution in [0.15, 0.2) is 6.33 Å². The lowest BCUT2D eigenvalue weighted by molar-refractivity contribution is 0.149. The molecule has 2 N–H and O–H groups in total. The summed E-state index contributed by atoms with van der Waals surface area (Å²) in [7, 11) is 1.58. The average molecular weight is 275 g/mol. The van der Waals surface area contributed by atoms with E-state index in [2.05, 4.69) is 33.4 Å². The molecule has 0 radical (unpaired) electrons. The summed E-state index contributed by atoms with van der Waals surface area (Å²) in [6.45, 7) is 4.58. The third-order valence-electron chi connectivity index (χ3n) is 4.43. The van der Waals surface area contributed by atoms with Crippen LogP contribution < -0.4 is 10.5 Å². The number of nitrogens with two attached hydrogens (primary N) is 1. The molecular formula is C14H21N5O. The number of ether oxygens (including phenoxy) is 1. The standard InChI is InChI=1S/C14H21N5O/c1-14(2)7-5-4-6-9(14)19-11-10(18-13(19)15)12(20-3)17-8-16-11/h8-9H,4-7H2,1-3H3,(H2,15,18). The van der Waals surface area contributed by atoms with Crippen LogP contribution >= 0.6 is 0 Å². The summed E-state index contributed by atoms with van der Waals surface area (Å²) in [5.41, 5.74) is 7.77. The molecule has 0 bridgehead atoms. The second kappa shape index (κ2) is 4.61. The van der Waals surface area contributed by atoms with Gasteiger partial charge in [0, 0.05) is 6.04 Å². The number of fused-ring (bicyclic) bond motifs is 1. The fourth-order valence-corrected chi connectivity index (χ4v) is 3.32. The zero-order valence-corrected chi connectivity index (χ0v) is 12.3. The minimum Gasteiger partial charge on any atom is -0.479 e. The van der Waals surface area contributed by atoms with Crippen LogP contribution in [-0.4, -0.2) is 26.6 Å². The van der Waals surface area contributed by atoms with Gasteiger partial charge in [-0.3, -0.25) is 4.57 Å². The molecule has 0 aliphatic heterocycles. The summed E-state index contributed by atoms with van der Waals surface area (Å²) in [4.78, 5) is 12.9. The molecule has 0 saturated heterocycles. The third-order valence-corrected chi connectivity index (χ3v) is 4.43. The number of methoxy groups -OCH3 is 1. The largest absolute Gasteiger partial charge is 0.479 e. The first-order valence-electron chi connectivity index (χ1n) is 7.07. The molecule has 0 amide bonds. The zero-order chi connectivity index (χ0) is 14.3. The van der Waals surface area contributed by atoms with E-state index in [4.69, 9.17) is 10.5 Å². The van der Waals surface area contributed by atoms with E-state index in [1.54, 1.807) is 7.11 Å². The highest BCUT2D eigenvalue weighted by atomic mass is 16.5. The topological polar surface area (TPSA) is 78.8 Å². The molecule has 1 aliphatic rings. The molecule has 1 atom stereocenters. The minimum absolute atomic E-state index is 0.193. The highest BCUT2D eigenvalue weighted by Crippen LogP contribution is 2.45. The van der Waals surface area contributed by atoms with Crippen LogP contribution in [0.2, 0.25) is 0 Å². The number of aromatic nitrogens is 4. The number of nitrogen functional groups attached to an aromatic ring is 1. The van der Waals surface area contributed by atoms with Gasteiger partial charge in [0.1, 0.15) is 6.33 Å². The molecule has 6 heteroatoms. The van der Waals surface area contributed by atoms with Gasteiger partial charge in [-0.15, -0.1) is 0 Å². The zero-order valence-electron chi connectivity index (χ0n) is 12.3. The fourth-order valence-electron chi connectivity index (χ4n) is 3.32. The Balaban J connectivity index is 2.18. The Morgan fingerprint density at radius 1 is 1.35 bits per heavy atom. The lowest BCUT2D eigenvalue weighted by Gasteiger charge is -2.39. The van der Waals surface area contributed by atoms with Crippen LogP contribution in [0.5, 0.6) is 5.88 Å². The van der Waals surface area contributed by atoms with Crippen LogP contribution in [-0.2, 0) is 0 Å². The Kier molecular flexibility index (Phi) is 3.03. The molecule has 1 saturated carbocycles. The van der Waals surface area contributed by atoms with Gasteiger partial charge in [-0.05, 0) is 18.3 Å². The maximum absolute atomic E-state index is 6.16. The van der Waals surface area contributed by atoms with Gasteiger partial charge in [0.2, 0.25) is 11.8 Å². The van der Waals surface area contributed by atoms with Gasteiger partial charge in [-0.2, -0.15) is 4.98 Å². The summed E-state index contributed by atoms with van der Waals surface area (Å²) >= 11 is 0. The van der Waals surface area contributed by atoms with E-state index >= 15 is 0 Å². The van der Waals surface area contributed by atoms with E-state index < -0.39 is 0 Å². The van der Waals surface area contributed by atoms with Crippen molar-refractivity contribution in [3.8, 4) is 5.88 Å². The van der Waals surface area contributed by atoms with E-state index in [-0.39, 0.29) is 5.41 Å². The summed E-state index contributed by atoms with van der Waals surface area (Å²) in [5.74, 6) is 0.979. The van der Waals surface area contributed by atoms with Gasteiger partial charge in [0.05, 0.1) is 7.11 Å². The average Bonchev–Trinajstić information content (AvgIpc) is 2.74. The third kappa shape index (κ3) is 1.90. The number of nitrogens with zero attached hydrogens (tertiary/aromatic N) is 4. The summed E-state index contributed by atoms with van der Waals surface area (Å²) in [6.07, 6.45) is 6.30. The van der Waals surface area contributed by atoms with Gasteiger partial charge in [-0.1, -0.05) is 26.7 Å². The van der Waals surface area contributed by atoms with Gasteiger partial charge in [0.15, 0.2) is 11.2 Å². The Morgan fingerprint density at radius 2 is 2.15 bits per heavy atom. The van der Waals surface area contributed by atoms with Gasteiger partial charge in [-0.25, -0.2) is 9.97 Å². The Morgan fingerprint density at radius 3 is 2.85 bits per heavy atom. The van der Waals surface area contributed by atoms with Crippen molar-refractivity contribution in [2.24, 2.45) is 5.41 Å². The quantitative estimate of drug-likeness (QED) is 0.911. The number of hydrogen-bond donors (Lipinski definition) is 1. The predicted molar refractivity (Wildman–Crippen MR) is 77.6 cm³/mol. The van der Waals surface area contributed by atoms with Crippen molar-refractivity contribution in [2.75, 3.05) is 12.8 Å². The van der Waals surface area contributed by atoms with E-state index in [9.17, 15) is 0 Å². The summed E-state index contributed by atoms with van der Waals surface area (Å²) in [5, 5.41) is 0. The van der Waals surface area contributed by atoms with Crippen molar-refractivity contribution >= 4 is 17.1 Å². The molecule has 20 heavy (non-hydrogen) atoms. The Hall–Kier alpha value is -1.85. The first-order chi connectivity index (χ1) is 9.54. The SMILES string of the molecule is COc1ncnc2c1nc(N)n2C1CCCCC1(C)C. The highest BCUT2D eigenvalue weighted by Gasteiger charge is 2.36. The van der Waals surface area contributed by atoms with Gasteiger partial charge in [0.25, 0.3) is 0 Å². The molecule has 1 fully saturated rings. The second-order valence-electron chi connectivity index (χ2n) is 6.15. The number of imidazole rings is 1. The van der Waals surface area contributed by atoms with Crippen molar-refractivity contribution in [2.45, 2.75) is 45.6 Å². The van der Waals surface area contributed by atoms with Gasteiger partial charge >= 0.3 is 0 Å². The summed E-state index contributed by atoms with van der Waals surface area (Å²) in [6, 6.07) is 0.320. The van der Waals surface area contributed by atoms with E-state index in [1.807, 2.05) is 0 Å². The fraction of sp³-hybridized carbons (Fsp3) is 0.643. The number of rotatable bonds is 2. The summed E-state index contributed by atoms with van der Waals surface area (Å²) < 4.78 is 7.32. The van der Waals surface area contributed by atoms with Crippen LogP contribution in [0.1, 0.15) is 45.6 Å². The molecule has 2 aromatic heterocycles. The first-order valence-corrected chi connectivity index (χ1v) is 7.07. The highest BCUT2D eigenvalue weighted by molar-refractivity contribution is 5.79. The van der Waals surface area contributed by atoms with Crippen molar-refractivity contribution in [3.05, 3.63) is 6.33 Å². The van der Waals surface area contributed by atoms with Crippen LogP contribution in [0.3, 0.4) is 0 Å². The van der Waals surface area contributed by atoms with Crippen LogP contribution in [0.25, 0.3) is 11.2 Å². The van der Waals surface area contributed by atoms with Gasteiger partial charge < -0.3 is 10.5 Å². The molecule has 2 aromatic rings. The maximum atomic E-state index is 6.16. The smallest absolute Gasteiger partial charge is 0.245 e. The lowest BCUT2D eigenvalue weighted by Crippen LogP contribution is -2.31. The monoisotopic (exact) mass is 275 g/mol. The minimum atomic E-state index is 0.193. The Labute approximate surface area is 118 Å².